The van der Waals surface area contributed by atoms with E-state index in [2.05, 4.69) is 15.5 Å². The average Bonchev–Trinajstić information content (AvgIpc) is 3.13. The number of aromatic nitrogens is 2. The largest absolute Gasteiger partial charge is 0.411 e. The number of sulfone groups is 1. The fraction of sp³-hybridized carbons (Fsp3) is 0.357. The summed E-state index contributed by atoms with van der Waals surface area (Å²) in [5, 5.41) is 10.8. The molecule has 1 saturated heterocycles. The molecule has 1 atom stereocenters. The van der Waals surface area contributed by atoms with Crippen LogP contribution >= 0.6 is 11.8 Å². The maximum Gasteiger partial charge on any atom is 0.277 e. The van der Waals surface area contributed by atoms with E-state index in [1.54, 1.807) is 0 Å². The van der Waals surface area contributed by atoms with Crippen LogP contribution < -0.4 is 5.32 Å². The van der Waals surface area contributed by atoms with Crippen molar-refractivity contribution < 1.29 is 17.6 Å². The lowest BCUT2D eigenvalue weighted by atomic mass is 10.2. The fourth-order valence-electron chi connectivity index (χ4n) is 2.27. The van der Waals surface area contributed by atoms with Crippen molar-refractivity contribution in [1.82, 2.24) is 15.5 Å². The summed E-state index contributed by atoms with van der Waals surface area (Å²) in [6.45, 7) is 0. The number of thioether (sulfide) groups is 1. The van der Waals surface area contributed by atoms with Crippen molar-refractivity contribution in [3.63, 3.8) is 0 Å². The second-order valence-corrected chi connectivity index (χ2v) is 8.35. The molecule has 0 bridgehead atoms. The first kappa shape index (κ1) is 16.0. The summed E-state index contributed by atoms with van der Waals surface area (Å²) < 4.78 is 28.2. The van der Waals surface area contributed by atoms with Gasteiger partial charge in [-0.25, -0.2) is 8.42 Å². The Morgan fingerprint density at radius 2 is 2.09 bits per heavy atom. The molecule has 0 aliphatic carbocycles. The van der Waals surface area contributed by atoms with E-state index >= 15 is 0 Å². The highest BCUT2D eigenvalue weighted by Crippen LogP contribution is 2.22. The zero-order valence-electron chi connectivity index (χ0n) is 12.1. The molecule has 0 saturated carbocycles. The van der Waals surface area contributed by atoms with Crippen molar-refractivity contribution >= 4 is 27.5 Å². The van der Waals surface area contributed by atoms with Crippen LogP contribution in [-0.2, 0) is 14.6 Å². The number of hydrogen-bond donors (Lipinski definition) is 1. The molecule has 1 aromatic carbocycles. The minimum absolute atomic E-state index is 0.0160. The molecular weight excluding hydrogens is 338 g/mol. The van der Waals surface area contributed by atoms with Crippen LogP contribution in [0.1, 0.15) is 6.42 Å². The Morgan fingerprint density at radius 3 is 2.78 bits per heavy atom. The maximum absolute atomic E-state index is 11.8. The Balaban J connectivity index is 1.51. The summed E-state index contributed by atoms with van der Waals surface area (Å²) in [5.41, 5.74) is 0.812. The molecular formula is C14H15N3O4S2. The molecule has 0 spiro atoms. The van der Waals surface area contributed by atoms with Gasteiger partial charge in [0.1, 0.15) is 0 Å². The van der Waals surface area contributed by atoms with Gasteiger partial charge in [0.25, 0.3) is 5.22 Å². The number of rotatable bonds is 5. The van der Waals surface area contributed by atoms with Crippen LogP contribution in [0.4, 0.5) is 0 Å². The normalized spacial score (nSPS) is 19.6. The summed E-state index contributed by atoms with van der Waals surface area (Å²) in [4.78, 5) is 11.8. The van der Waals surface area contributed by atoms with E-state index in [9.17, 15) is 13.2 Å². The molecule has 2 heterocycles. The molecule has 1 fully saturated rings. The molecule has 1 amide bonds. The zero-order valence-corrected chi connectivity index (χ0v) is 13.8. The fourth-order valence-corrected chi connectivity index (χ4v) is 4.52. The van der Waals surface area contributed by atoms with E-state index in [1.165, 1.54) is 0 Å². The third-order valence-electron chi connectivity index (χ3n) is 3.35. The van der Waals surface area contributed by atoms with Gasteiger partial charge in [-0.15, -0.1) is 10.2 Å². The topological polar surface area (TPSA) is 102 Å². The van der Waals surface area contributed by atoms with Crippen molar-refractivity contribution in [2.45, 2.75) is 17.7 Å². The second kappa shape index (κ2) is 6.71. The number of nitrogens with one attached hydrogen (secondary N) is 1. The number of carbonyl (C=O) groups excluding carboxylic acids is 1. The van der Waals surface area contributed by atoms with Crippen molar-refractivity contribution in [2.24, 2.45) is 0 Å². The number of nitrogens with zero attached hydrogens (tertiary/aromatic N) is 2. The molecule has 9 heteroatoms. The van der Waals surface area contributed by atoms with Crippen LogP contribution in [-0.4, -0.2) is 47.8 Å². The van der Waals surface area contributed by atoms with Gasteiger partial charge in [0, 0.05) is 11.6 Å². The van der Waals surface area contributed by atoms with Gasteiger partial charge < -0.3 is 9.73 Å². The van der Waals surface area contributed by atoms with Crippen molar-refractivity contribution in [1.29, 1.82) is 0 Å². The minimum Gasteiger partial charge on any atom is -0.411 e. The molecule has 122 valence electrons. The molecule has 1 aliphatic rings. The molecule has 1 aromatic heterocycles. The lowest BCUT2D eigenvalue weighted by molar-refractivity contribution is -0.119. The first-order valence-corrected chi connectivity index (χ1v) is 9.84. The van der Waals surface area contributed by atoms with Crippen LogP contribution in [0, 0.1) is 0 Å². The first-order valence-electron chi connectivity index (χ1n) is 7.03. The van der Waals surface area contributed by atoms with E-state index < -0.39 is 9.84 Å². The lowest BCUT2D eigenvalue weighted by Crippen LogP contribution is -2.36. The Kier molecular flexibility index (Phi) is 4.67. The second-order valence-electron chi connectivity index (χ2n) is 5.20. The molecule has 7 nitrogen and oxygen atoms in total. The van der Waals surface area contributed by atoms with Crippen LogP contribution in [0.2, 0.25) is 0 Å². The van der Waals surface area contributed by atoms with Crippen LogP contribution in [0.5, 0.6) is 0 Å². The van der Waals surface area contributed by atoms with Gasteiger partial charge in [-0.2, -0.15) is 0 Å². The predicted octanol–water partition coefficient (Wildman–Crippen LogP) is 1.13. The summed E-state index contributed by atoms with van der Waals surface area (Å²) in [6.07, 6.45) is 0.470. The Bertz CT molecular complexity index is 789. The van der Waals surface area contributed by atoms with Gasteiger partial charge in [-0.05, 0) is 18.6 Å². The number of amides is 1. The highest BCUT2D eigenvalue weighted by molar-refractivity contribution is 7.99. The van der Waals surface area contributed by atoms with Crippen LogP contribution in [0.15, 0.2) is 40.0 Å². The molecule has 1 aliphatic heterocycles. The Hall–Kier alpha value is -1.87. The molecule has 1 N–H and O–H groups in total. The van der Waals surface area contributed by atoms with E-state index in [4.69, 9.17) is 4.42 Å². The quantitative estimate of drug-likeness (QED) is 0.804. The molecule has 3 rings (SSSR count). The minimum atomic E-state index is -3.00. The van der Waals surface area contributed by atoms with Gasteiger partial charge in [0.15, 0.2) is 9.84 Å². The summed E-state index contributed by atoms with van der Waals surface area (Å²) in [6, 6.07) is 9.05. The van der Waals surface area contributed by atoms with Gasteiger partial charge in [0.2, 0.25) is 11.8 Å². The Morgan fingerprint density at radius 1 is 1.30 bits per heavy atom. The Labute approximate surface area is 137 Å². The number of hydrogen-bond acceptors (Lipinski definition) is 7. The van der Waals surface area contributed by atoms with Gasteiger partial charge in [0.05, 0.1) is 17.3 Å². The van der Waals surface area contributed by atoms with E-state index in [0.29, 0.717) is 17.5 Å². The lowest BCUT2D eigenvalue weighted by Gasteiger charge is -2.09. The van der Waals surface area contributed by atoms with E-state index in [0.717, 1.165) is 17.3 Å². The van der Waals surface area contributed by atoms with Crippen molar-refractivity contribution in [3.8, 4) is 11.5 Å². The predicted molar refractivity (Wildman–Crippen MR) is 85.7 cm³/mol. The standard InChI is InChI=1S/C14H15N3O4S2/c18-12(15-11-6-7-23(19,20)9-11)8-22-14-17-16-13(21-14)10-4-2-1-3-5-10/h1-5,11H,6-9H2,(H,15,18). The molecule has 23 heavy (non-hydrogen) atoms. The SMILES string of the molecule is O=C(CSc1nnc(-c2ccccc2)o1)NC1CCS(=O)(=O)C1. The van der Waals surface area contributed by atoms with Gasteiger partial charge >= 0.3 is 0 Å². The van der Waals surface area contributed by atoms with Gasteiger partial charge in [-0.1, -0.05) is 30.0 Å². The zero-order chi connectivity index (χ0) is 16.3. The first-order chi connectivity index (χ1) is 11.0. The third kappa shape index (κ3) is 4.32. The summed E-state index contributed by atoms with van der Waals surface area (Å²) in [7, 11) is -3.00. The smallest absolute Gasteiger partial charge is 0.277 e. The summed E-state index contributed by atoms with van der Waals surface area (Å²) in [5.74, 6) is 0.413. The van der Waals surface area contributed by atoms with Crippen LogP contribution in [0.25, 0.3) is 11.5 Å². The van der Waals surface area contributed by atoms with E-state index in [1.807, 2.05) is 30.3 Å². The third-order valence-corrected chi connectivity index (χ3v) is 5.94. The van der Waals surface area contributed by atoms with Crippen molar-refractivity contribution in [3.05, 3.63) is 30.3 Å². The van der Waals surface area contributed by atoms with Gasteiger partial charge in [-0.3, -0.25) is 4.79 Å². The summed E-state index contributed by atoms with van der Waals surface area (Å²) >= 11 is 1.13. The van der Waals surface area contributed by atoms with E-state index in [-0.39, 0.29) is 29.2 Å². The highest BCUT2D eigenvalue weighted by Gasteiger charge is 2.28. The monoisotopic (exact) mass is 353 g/mol. The highest BCUT2D eigenvalue weighted by atomic mass is 32.2. The molecule has 2 aromatic rings. The average molecular weight is 353 g/mol. The van der Waals surface area contributed by atoms with Crippen LogP contribution in [0.3, 0.4) is 0 Å². The number of carbonyl (C=O) groups is 1. The number of benzene rings is 1. The van der Waals surface area contributed by atoms with Crippen molar-refractivity contribution in [2.75, 3.05) is 17.3 Å². The molecule has 0 radical (unpaired) electrons. The molecule has 1 unspecified atom stereocenters. The maximum atomic E-state index is 11.8.